The van der Waals surface area contributed by atoms with Crippen LogP contribution in [0.2, 0.25) is 0 Å². The summed E-state index contributed by atoms with van der Waals surface area (Å²) < 4.78 is 12.5. The summed E-state index contributed by atoms with van der Waals surface area (Å²) in [7, 11) is 1.62. The predicted molar refractivity (Wildman–Crippen MR) is 99.4 cm³/mol. The van der Waals surface area contributed by atoms with E-state index in [4.69, 9.17) is 9.26 Å². The number of carbonyl (C=O) groups is 1. The van der Waals surface area contributed by atoms with Gasteiger partial charge in [0.25, 0.3) is 5.91 Å². The molecule has 1 aromatic carbocycles. The van der Waals surface area contributed by atoms with Crippen molar-refractivity contribution in [1.29, 1.82) is 0 Å². The molecule has 1 atom stereocenters. The molecule has 1 aliphatic heterocycles. The van der Waals surface area contributed by atoms with E-state index in [1.165, 1.54) is 0 Å². The minimum absolute atomic E-state index is 0.0288. The Bertz CT molecular complexity index is 929. The summed E-state index contributed by atoms with van der Waals surface area (Å²) in [5.41, 5.74) is 2.25. The largest absolute Gasteiger partial charge is 0.497 e. The Morgan fingerprint density at radius 1 is 1.30 bits per heavy atom. The average molecular weight is 366 g/mol. The molecule has 7 heteroatoms. The van der Waals surface area contributed by atoms with Gasteiger partial charge in [-0.1, -0.05) is 5.16 Å². The van der Waals surface area contributed by atoms with E-state index >= 15 is 0 Å². The zero-order chi connectivity index (χ0) is 18.8. The lowest BCUT2D eigenvalue weighted by Crippen LogP contribution is -2.32. The van der Waals surface area contributed by atoms with Crippen LogP contribution in [-0.4, -0.2) is 39.4 Å². The molecule has 0 bridgehead atoms. The van der Waals surface area contributed by atoms with Gasteiger partial charge < -0.3 is 14.2 Å². The number of amides is 1. The van der Waals surface area contributed by atoms with Gasteiger partial charge in [-0.2, -0.15) is 5.10 Å². The third-order valence-corrected chi connectivity index (χ3v) is 5.01. The molecular formula is C20H22N4O3. The fourth-order valence-electron chi connectivity index (χ4n) is 3.62. The number of nitrogens with zero attached hydrogens (tertiary/aromatic N) is 4. The van der Waals surface area contributed by atoms with Gasteiger partial charge in [0.1, 0.15) is 5.75 Å². The molecule has 3 aromatic rings. The van der Waals surface area contributed by atoms with Gasteiger partial charge in [0.15, 0.2) is 11.5 Å². The summed E-state index contributed by atoms with van der Waals surface area (Å²) >= 11 is 0. The van der Waals surface area contributed by atoms with Gasteiger partial charge in [0, 0.05) is 30.9 Å². The Balaban J connectivity index is 1.56. The van der Waals surface area contributed by atoms with Gasteiger partial charge in [-0.15, -0.1) is 0 Å². The van der Waals surface area contributed by atoms with Crippen LogP contribution in [-0.2, 0) is 6.54 Å². The van der Waals surface area contributed by atoms with Crippen molar-refractivity contribution in [1.82, 2.24) is 19.8 Å². The summed E-state index contributed by atoms with van der Waals surface area (Å²) in [5, 5.41) is 8.36. The lowest BCUT2D eigenvalue weighted by atomic mass is 10.1. The summed E-state index contributed by atoms with van der Waals surface area (Å²) in [4.78, 5) is 14.9. The molecule has 0 aliphatic carbocycles. The zero-order valence-electron chi connectivity index (χ0n) is 15.5. The first-order valence-corrected chi connectivity index (χ1v) is 9.15. The lowest BCUT2D eigenvalue weighted by Gasteiger charge is -2.24. The van der Waals surface area contributed by atoms with E-state index in [2.05, 4.69) is 17.2 Å². The molecule has 4 rings (SSSR count). The van der Waals surface area contributed by atoms with Crippen molar-refractivity contribution in [2.24, 2.45) is 0 Å². The highest BCUT2D eigenvalue weighted by Gasteiger charge is 2.33. The summed E-state index contributed by atoms with van der Waals surface area (Å²) in [6.45, 7) is 3.55. The Hall–Kier alpha value is -3.09. The topological polar surface area (TPSA) is 73.4 Å². The van der Waals surface area contributed by atoms with E-state index in [0.29, 0.717) is 18.0 Å². The Morgan fingerprint density at radius 2 is 2.11 bits per heavy atom. The maximum Gasteiger partial charge on any atom is 0.276 e. The molecule has 1 amide bonds. The third-order valence-electron chi connectivity index (χ3n) is 5.01. The lowest BCUT2D eigenvalue weighted by molar-refractivity contribution is 0.0719. The fraction of sp³-hybridized carbons (Fsp3) is 0.350. The van der Waals surface area contributed by atoms with Gasteiger partial charge in [-0.05, 0) is 50.1 Å². The van der Waals surface area contributed by atoms with Crippen LogP contribution in [0.25, 0.3) is 11.3 Å². The van der Waals surface area contributed by atoms with Crippen LogP contribution in [0.5, 0.6) is 5.75 Å². The number of carbonyl (C=O) groups excluding carboxylic acids is 1. The molecule has 27 heavy (non-hydrogen) atoms. The van der Waals surface area contributed by atoms with Crippen molar-refractivity contribution < 1.29 is 14.1 Å². The van der Waals surface area contributed by atoms with Crippen molar-refractivity contribution in [3.05, 3.63) is 54.0 Å². The number of rotatable bonds is 5. The Labute approximate surface area is 157 Å². The summed E-state index contributed by atoms with van der Waals surface area (Å²) in [5.74, 6) is 1.22. The van der Waals surface area contributed by atoms with E-state index < -0.39 is 0 Å². The van der Waals surface area contributed by atoms with Gasteiger partial charge in [-0.25, -0.2) is 0 Å². The molecule has 0 spiro atoms. The molecule has 2 aromatic heterocycles. The molecule has 3 heterocycles. The number of likely N-dealkylation sites (tertiary alicyclic amines) is 1. The maximum absolute atomic E-state index is 13.1. The standard InChI is InChI=1S/C20H22N4O3/c1-3-24-18(10-11-21-24)17-5-4-12-23(17)20(25)16-13-19(27-22-16)14-6-8-15(26-2)9-7-14/h6-11,13,17H,3-5,12H2,1-2H3. The molecule has 1 aliphatic rings. The number of ether oxygens (including phenoxy) is 1. The van der Waals surface area contributed by atoms with E-state index in [1.807, 2.05) is 39.9 Å². The highest BCUT2D eigenvalue weighted by atomic mass is 16.5. The van der Waals surface area contributed by atoms with Crippen molar-refractivity contribution >= 4 is 5.91 Å². The Kier molecular flexibility index (Phi) is 4.66. The Morgan fingerprint density at radius 3 is 2.85 bits per heavy atom. The molecule has 1 unspecified atom stereocenters. The number of aromatic nitrogens is 3. The minimum atomic E-state index is -0.107. The zero-order valence-corrected chi connectivity index (χ0v) is 15.5. The number of hydrogen-bond acceptors (Lipinski definition) is 5. The van der Waals surface area contributed by atoms with Gasteiger partial charge in [0.05, 0.1) is 18.8 Å². The highest BCUT2D eigenvalue weighted by Crippen LogP contribution is 2.33. The second-order valence-corrected chi connectivity index (χ2v) is 6.53. The number of methoxy groups -OCH3 is 1. The minimum Gasteiger partial charge on any atom is -0.497 e. The van der Waals surface area contributed by atoms with Crippen LogP contribution < -0.4 is 4.74 Å². The molecule has 0 N–H and O–H groups in total. The van der Waals surface area contributed by atoms with Crippen LogP contribution in [0.3, 0.4) is 0 Å². The molecule has 1 saturated heterocycles. The quantitative estimate of drug-likeness (QED) is 0.690. The maximum atomic E-state index is 13.1. The highest BCUT2D eigenvalue weighted by molar-refractivity contribution is 5.93. The van der Waals surface area contributed by atoms with E-state index in [-0.39, 0.29) is 11.9 Å². The van der Waals surface area contributed by atoms with Crippen molar-refractivity contribution in [3.63, 3.8) is 0 Å². The first-order chi connectivity index (χ1) is 13.2. The van der Waals surface area contributed by atoms with E-state index in [1.54, 1.807) is 19.4 Å². The molecule has 7 nitrogen and oxygen atoms in total. The smallest absolute Gasteiger partial charge is 0.276 e. The van der Waals surface area contributed by atoms with Crippen LogP contribution >= 0.6 is 0 Å². The second-order valence-electron chi connectivity index (χ2n) is 6.53. The molecule has 0 radical (unpaired) electrons. The number of aryl methyl sites for hydroxylation is 1. The fourth-order valence-corrected chi connectivity index (χ4v) is 3.62. The summed E-state index contributed by atoms with van der Waals surface area (Å²) in [6.07, 6.45) is 3.69. The van der Waals surface area contributed by atoms with E-state index in [0.717, 1.165) is 36.4 Å². The van der Waals surface area contributed by atoms with Crippen molar-refractivity contribution in [2.75, 3.05) is 13.7 Å². The number of hydrogen-bond donors (Lipinski definition) is 0. The molecule has 1 fully saturated rings. The van der Waals surface area contributed by atoms with E-state index in [9.17, 15) is 4.79 Å². The van der Waals surface area contributed by atoms with Crippen LogP contribution in [0, 0.1) is 0 Å². The third kappa shape index (κ3) is 3.20. The van der Waals surface area contributed by atoms with Crippen molar-refractivity contribution in [3.8, 4) is 17.1 Å². The average Bonchev–Trinajstić information content (AvgIpc) is 3.47. The normalized spacial score (nSPS) is 16.7. The predicted octanol–water partition coefficient (Wildman–Crippen LogP) is 3.54. The van der Waals surface area contributed by atoms with Crippen LogP contribution in [0.1, 0.15) is 42.0 Å². The van der Waals surface area contributed by atoms with Crippen molar-refractivity contribution in [2.45, 2.75) is 32.4 Å². The first kappa shape index (κ1) is 17.3. The monoisotopic (exact) mass is 366 g/mol. The summed E-state index contributed by atoms with van der Waals surface area (Å²) in [6, 6.07) is 11.2. The molecular weight excluding hydrogens is 344 g/mol. The van der Waals surface area contributed by atoms with Crippen LogP contribution in [0.15, 0.2) is 47.1 Å². The SMILES string of the molecule is CCn1nccc1C1CCCN1C(=O)c1cc(-c2ccc(OC)cc2)on1. The first-order valence-electron chi connectivity index (χ1n) is 9.15. The van der Waals surface area contributed by atoms with Gasteiger partial charge >= 0.3 is 0 Å². The van der Waals surface area contributed by atoms with Gasteiger partial charge in [-0.3, -0.25) is 9.48 Å². The number of benzene rings is 1. The molecule has 0 saturated carbocycles. The second kappa shape index (κ2) is 7.26. The van der Waals surface area contributed by atoms with Crippen LogP contribution in [0.4, 0.5) is 0 Å². The van der Waals surface area contributed by atoms with Gasteiger partial charge in [0.2, 0.25) is 0 Å². The molecule has 140 valence electrons.